The van der Waals surface area contributed by atoms with Crippen LogP contribution in [0.2, 0.25) is 0 Å². The van der Waals surface area contributed by atoms with Gasteiger partial charge in [0.15, 0.2) is 0 Å². The van der Waals surface area contributed by atoms with Crippen LogP contribution >= 0.6 is 0 Å². The molecule has 32 heavy (non-hydrogen) atoms. The SMILES string of the molecule is Cc1nc2ccc(N3CC=CC(N(C)C(=O)O)=C3CCc3ccc(C(=N)N)cc3)cc2[nH]1. The Balaban J connectivity index is 1.68. The molecule has 1 aromatic heterocycles. The van der Waals surface area contributed by atoms with Crippen molar-refractivity contribution >= 4 is 28.6 Å². The van der Waals surface area contributed by atoms with E-state index in [1.54, 1.807) is 7.05 Å². The van der Waals surface area contributed by atoms with Crippen molar-refractivity contribution < 1.29 is 9.90 Å². The van der Waals surface area contributed by atoms with Gasteiger partial charge in [-0.2, -0.15) is 0 Å². The number of anilines is 1. The standard InChI is InChI=1S/C24H26N6O2/c1-15-27-19-11-10-18(14-20(19)28-15)30-13-3-4-21(29(2)24(31)32)22(30)12-7-16-5-8-17(9-6-16)23(25)26/h3-6,8-11,14H,7,12-13H2,1-2H3,(H3,25,26)(H,27,28)(H,31,32). The molecule has 0 bridgehead atoms. The number of allylic oxidation sites excluding steroid dienone is 2. The first-order chi connectivity index (χ1) is 15.3. The summed E-state index contributed by atoms with van der Waals surface area (Å²) in [5.41, 5.74) is 11.7. The molecule has 0 saturated heterocycles. The van der Waals surface area contributed by atoms with Crippen LogP contribution in [0.4, 0.5) is 10.5 Å². The highest BCUT2D eigenvalue weighted by atomic mass is 16.4. The van der Waals surface area contributed by atoms with E-state index in [0.717, 1.165) is 40.2 Å². The van der Waals surface area contributed by atoms with E-state index in [2.05, 4.69) is 20.9 Å². The maximum Gasteiger partial charge on any atom is 0.411 e. The summed E-state index contributed by atoms with van der Waals surface area (Å²) in [6.07, 6.45) is 4.21. The molecule has 0 atom stereocenters. The van der Waals surface area contributed by atoms with Crippen molar-refractivity contribution in [3.8, 4) is 0 Å². The number of H-pyrrole nitrogens is 1. The molecule has 0 spiro atoms. The monoisotopic (exact) mass is 430 g/mol. The molecule has 0 saturated carbocycles. The van der Waals surface area contributed by atoms with E-state index in [-0.39, 0.29) is 5.84 Å². The van der Waals surface area contributed by atoms with Crippen LogP contribution in [0, 0.1) is 12.3 Å². The fraction of sp³-hybridized carbons (Fsp3) is 0.208. The third-order valence-corrected chi connectivity index (χ3v) is 5.64. The van der Waals surface area contributed by atoms with Crippen molar-refractivity contribution in [1.82, 2.24) is 14.9 Å². The van der Waals surface area contributed by atoms with Gasteiger partial charge in [0.05, 0.1) is 16.7 Å². The predicted octanol–water partition coefficient (Wildman–Crippen LogP) is 3.99. The zero-order chi connectivity index (χ0) is 22.8. The van der Waals surface area contributed by atoms with E-state index < -0.39 is 6.09 Å². The first-order valence-corrected chi connectivity index (χ1v) is 10.4. The third-order valence-electron chi connectivity index (χ3n) is 5.64. The number of amidine groups is 1. The summed E-state index contributed by atoms with van der Waals surface area (Å²) in [6.45, 7) is 2.57. The second-order valence-corrected chi connectivity index (χ2v) is 7.82. The van der Waals surface area contributed by atoms with Crippen LogP contribution in [0.3, 0.4) is 0 Å². The van der Waals surface area contributed by atoms with Gasteiger partial charge in [0.1, 0.15) is 11.7 Å². The van der Waals surface area contributed by atoms with Gasteiger partial charge < -0.3 is 20.7 Å². The van der Waals surface area contributed by atoms with Crippen molar-refractivity contribution in [2.45, 2.75) is 19.8 Å². The quantitative estimate of drug-likeness (QED) is 0.348. The highest BCUT2D eigenvalue weighted by molar-refractivity contribution is 5.94. The normalized spacial score (nSPS) is 13.6. The lowest BCUT2D eigenvalue weighted by Crippen LogP contribution is -2.33. The van der Waals surface area contributed by atoms with Gasteiger partial charge in [0.25, 0.3) is 0 Å². The number of fused-ring (bicyclic) bond motifs is 1. The summed E-state index contributed by atoms with van der Waals surface area (Å²) in [4.78, 5) is 22.9. The second-order valence-electron chi connectivity index (χ2n) is 7.82. The van der Waals surface area contributed by atoms with E-state index in [9.17, 15) is 9.90 Å². The summed E-state index contributed by atoms with van der Waals surface area (Å²) in [5.74, 6) is 0.893. The molecule has 1 aliphatic heterocycles. The van der Waals surface area contributed by atoms with Crippen LogP contribution in [-0.4, -0.2) is 45.5 Å². The molecule has 1 amide bonds. The number of hydrogen-bond acceptors (Lipinski definition) is 4. The Morgan fingerprint density at radius 3 is 2.69 bits per heavy atom. The van der Waals surface area contributed by atoms with Crippen molar-refractivity contribution in [1.29, 1.82) is 5.41 Å². The van der Waals surface area contributed by atoms with Crippen LogP contribution in [-0.2, 0) is 6.42 Å². The number of aromatic amines is 1. The Kier molecular flexibility index (Phi) is 5.68. The lowest BCUT2D eigenvalue weighted by Gasteiger charge is -2.33. The summed E-state index contributed by atoms with van der Waals surface area (Å²) >= 11 is 0. The smallest absolute Gasteiger partial charge is 0.411 e. The molecule has 0 unspecified atom stereocenters. The summed E-state index contributed by atoms with van der Waals surface area (Å²) in [6, 6.07) is 13.6. The summed E-state index contributed by atoms with van der Waals surface area (Å²) < 4.78 is 0. The number of likely N-dealkylation sites (N-methyl/N-ethyl adjacent to an activating group) is 1. The van der Waals surface area contributed by atoms with Crippen molar-refractivity contribution in [2.24, 2.45) is 5.73 Å². The van der Waals surface area contributed by atoms with Gasteiger partial charge in [-0.3, -0.25) is 10.3 Å². The molecule has 164 valence electrons. The fourth-order valence-electron chi connectivity index (χ4n) is 3.95. The predicted molar refractivity (Wildman–Crippen MR) is 126 cm³/mol. The van der Waals surface area contributed by atoms with Crippen LogP contribution < -0.4 is 10.6 Å². The molecule has 2 aromatic carbocycles. The molecule has 0 fully saturated rings. The van der Waals surface area contributed by atoms with Crippen molar-refractivity contribution in [2.75, 3.05) is 18.5 Å². The van der Waals surface area contributed by atoms with Gasteiger partial charge in [-0.1, -0.05) is 30.3 Å². The maximum absolute atomic E-state index is 11.7. The van der Waals surface area contributed by atoms with E-state index in [0.29, 0.717) is 24.2 Å². The second kappa shape index (κ2) is 8.58. The molecule has 8 nitrogen and oxygen atoms in total. The average Bonchev–Trinajstić information content (AvgIpc) is 3.16. The van der Waals surface area contributed by atoms with Crippen LogP contribution in [0.15, 0.2) is 66.0 Å². The Bertz CT molecular complexity index is 1240. The molecule has 0 aliphatic carbocycles. The fourth-order valence-corrected chi connectivity index (χ4v) is 3.95. The molecule has 8 heteroatoms. The number of rotatable bonds is 6. The zero-order valence-electron chi connectivity index (χ0n) is 18.1. The topological polar surface area (TPSA) is 122 Å². The van der Waals surface area contributed by atoms with Crippen molar-refractivity contribution in [3.63, 3.8) is 0 Å². The van der Waals surface area contributed by atoms with Gasteiger partial charge in [-0.15, -0.1) is 0 Å². The van der Waals surface area contributed by atoms with Gasteiger partial charge >= 0.3 is 6.09 Å². The Morgan fingerprint density at radius 2 is 2.00 bits per heavy atom. The number of nitrogens with zero attached hydrogens (tertiary/aromatic N) is 3. The highest BCUT2D eigenvalue weighted by Gasteiger charge is 2.23. The Morgan fingerprint density at radius 1 is 1.25 bits per heavy atom. The number of imidazole rings is 1. The number of nitrogens with one attached hydrogen (secondary N) is 2. The van der Waals surface area contributed by atoms with E-state index in [1.807, 2.05) is 55.5 Å². The van der Waals surface area contributed by atoms with Crippen LogP contribution in [0.5, 0.6) is 0 Å². The number of aromatic nitrogens is 2. The Labute approximate surface area is 186 Å². The lowest BCUT2D eigenvalue weighted by atomic mass is 10.0. The number of carbonyl (C=O) groups is 1. The van der Waals surface area contributed by atoms with Crippen LogP contribution in [0.25, 0.3) is 11.0 Å². The first kappa shape index (κ1) is 21.2. The van der Waals surface area contributed by atoms with E-state index in [4.69, 9.17) is 11.1 Å². The lowest BCUT2D eigenvalue weighted by molar-refractivity contribution is 0.167. The van der Waals surface area contributed by atoms with Crippen LogP contribution in [0.1, 0.15) is 23.4 Å². The minimum Gasteiger partial charge on any atom is -0.465 e. The molecular weight excluding hydrogens is 404 g/mol. The molecule has 0 radical (unpaired) electrons. The number of hydrogen-bond donors (Lipinski definition) is 4. The molecule has 5 N–H and O–H groups in total. The first-order valence-electron chi connectivity index (χ1n) is 10.4. The zero-order valence-corrected chi connectivity index (χ0v) is 18.1. The number of nitrogen functional groups attached to an aromatic ring is 1. The van der Waals surface area contributed by atoms with Gasteiger partial charge in [-0.25, -0.2) is 9.78 Å². The molecule has 4 rings (SSSR count). The van der Waals surface area contributed by atoms with Gasteiger partial charge in [-0.05, 0) is 49.6 Å². The van der Waals surface area contributed by atoms with Crippen molar-refractivity contribution in [3.05, 3.63) is 83.0 Å². The molecule has 2 heterocycles. The highest BCUT2D eigenvalue weighted by Crippen LogP contribution is 2.31. The number of aryl methyl sites for hydroxylation is 2. The average molecular weight is 431 g/mol. The third kappa shape index (κ3) is 4.20. The molecular formula is C24H26N6O2. The summed E-state index contributed by atoms with van der Waals surface area (Å²) in [5, 5.41) is 17.2. The van der Waals surface area contributed by atoms with Gasteiger partial charge in [0.2, 0.25) is 0 Å². The minimum atomic E-state index is -1.01. The number of nitrogens with two attached hydrogens (primary N) is 1. The van der Waals surface area contributed by atoms with Gasteiger partial charge in [0, 0.05) is 30.5 Å². The minimum absolute atomic E-state index is 0.0395. The molecule has 3 aromatic rings. The largest absolute Gasteiger partial charge is 0.465 e. The van der Waals surface area contributed by atoms with E-state index >= 15 is 0 Å². The van der Waals surface area contributed by atoms with E-state index in [1.165, 1.54) is 4.90 Å². The number of amides is 1. The molecule has 1 aliphatic rings. The number of carboxylic acid groups (broad SMARTS) is 1. The number of benzene rings is 2. The maximum atomic E-state index is 11.7. The summed E-state index contributed by atoms with van der Waals surface area (Å²) in [7, 11) is 1.56. The Hall–Kier alpha value is -4.07.